The Morgan fingerprint density at radius 1 is 1.09 bits per heavy atom. The lowest BCUT2D eigenvalue weighted by Crippen LogP contribution is -2.36. The Morgan fingerprint density at radius 2 is 1.74 bits per heavy atom. The van der Waals surface area contributed by atoms with Crippen molar-refractivity contribution >= 4 is 21.7 Å². The number of hydrogen-bond acceptors (Lipinski definition) is 4. The van der Waals surface area contributed by atoms with E-state index in [9.17, 15) is 13.2 Å². The maximum Gasteiger partial charge on any atom is 0.326 e. The fourth-order valence-electron chi connectivity index (χ4n) is 2.19. The molecule has 0 unspecified atom stereocenters. The topological polar surface area (TPSA) is 63.7 Å². The molecule has 2 rings (SSSR count). The molecule has 0 aliphatic carbocycles. The zero-order valence-electron chi connectivity index (χ0n) is 13.3. The van der Waals surface area contributed by atoms with Crippen LogP contribution in [0.5, 0.6) is 0 Å². The summed E-state index contributed by atoms with van der Waals surface area (Å²) in [4.78, 5) is 11.9. The number of sulfonamides is 1. The van der Waals surface area contributed by atoms with E-state index < -0.39 is 16.0 Å². The van der Waals surface area contributed by atoms with Crippen molar-refractivity contribution in [2.24, 2.45) is 0 Å². The molecule has 0 heterocycles. The predicted molar refractivity (Wildman–Crippen MR) is 88.9 cm³/mol. The van der Waals surface area contributed by atoms with Gasteiger partial charge in [-0.2, -0.15) is 0 Å². The van der Waals surface area contributed by atoms with Gasteiger partial charge < -0.3 is 4.74 Å². The second kappa shape index (κ2) is 6.83. The van der Waals surface area contributed by atoms with Crippen LogP contribution in [0.4, 0.5) is 5.69 Å². The van der Waals surface area contributed by atoms with Crippen molar-refractivity contribution in [3.63, 3.8) is 0 Å². The highest BCUT2D eigenvalue weighted by molar-refractivity contribution is 7.92. The Labute approximate surface area is 136 Å². The fraction of sp³-hybridized carbons (Fsp3) is 0.235. The Kier molecular flexibility index (Phi) is 5.05. The highest BCUT2D eigenvalue weighted by atomic mass is 32.2. The molecule has 5 nitrogen and oxygen atoms in total. The van der Waals surface area contributed by atoms with E-state index in [4.69, 9.17) is 0 Å². The molecule has 0 aliphatic rings. The number of esters is 1. The average Bonchev–Trinajstić information content (AvgIpc) is 2.55. The van der Waals surface area contributed by atoms with E-state index >= 15 is 0 Å². The van der Waals surface area contributed by atoms with Gasteiger partial charge in [0.25, 0.3) is 10.0 Å². The van der Waals surface area contributed by atoms with Crippen LogP contribution in [0.3, 0.4) is 0 Å². The molecule has 0 amide bonds. The number of carbonyl (C=O) groups excluding carboxylic acids is 1. The van der Waals surface area contributed by atoms with Gasteiger partial charge in [-0.15, -0.1) is 0 Å². The normalized spacial score (nSPS) is 11.1. The number of methoxy groups -OCH3 is 1. The number of rotatable bonds is 5. The zero-order valence-corrected chi connectivity index (χ0v) is 14.1. The average molecular weight is 333 g/mol. The number of aryl methyl sites for hydroxylation is 2. The molecule has 0 aliphatic heterocycles. The van der Waals surface area contributed by atoms with Gasteiger partial charge in [-0.1, -0.05) is 30.3 Å². The lowest BCUT2D eigenvalue weighted by atomic mass is 10.1. The van der Waals surface area contributed by atoms with E-state index in [1.54, 1.807) is 31.2 Å². The lowest BCUT2D eigenvalue weighted by molar-refractivity contribution is -0.138. The van der Waals surface area contributed by atoms with E-state index in [0.29, 0.717) is 5.69 Å². The number of carbonyl (C=O) groups is 1. The van der Waals surface area contributed by atoms with Gasteiger partial charge in [0.15, 0.2) is 0 Å². The largest absolute Gasteiger partial charge is 0.468 e. The molecule has 122 valence electrons. The molecule has 0 bridgehead atoms. The summed E-state index contributed by atoms with van der Waals surface area (Å²) in [5.41, 5.74) is 2.14. The van der Waals surface area contributed by atoms with E-state index in [2.05, 4.69) is 4.74 Å². The van der Waals surface area contributed by atoms with Crippen LogP contribution >= 0.6 is 0 Å². The second-order valence-electron chi connectivity index (χ2n) is 5.19. The van der Waals surface area contributed by atoms with Crippen molar-refractivity contribution in [3.05, 3.63) is 59.7 Å². The molecule has 0 radical (unpaired) electrons. The molecule has 0 fully saturated rings. The SMILES string of the molecule is COC(=O)CN(c1cc(C)ccc1C)S(=O)(=O)c1ccccc1. The molecule has 6 heteroatoms. The second-order valence-corrected chi connectivity index (χ2v) is 7.05. The monoisotopic (exact) mass is 333 g/mol. The van der Waals surface area contributed by atoms with Gasteiger partial charge in [-0.25, -0.2) is 8.42 Å². The quantitative estimate of drug-likeness (QED) is 0.789. The first kappa shape index (κ1) is 17.0. The van der Waals surface area contributed by atoms with E-state index in [0.717, 1.165) is 15.4 Å². The van der Waals surface area contributed by atoms with Gasteiger partial charge in [0.05, 0.1) is 17.7 Å². The molecule has 0 saturated heterocycles. The maximum absolute atomic E-state index is 13.0. The summed E-state index contributed by atoms with van der Waals surface area (Å²) in [6.45, 7) is 3.30. The van der Waals surface area contributed by atoms with Crippen LogP contribution < -0.4 is 4.31 Å². The van der Waals surface area contributed by atoms with Crippen LogP contribution in [0.2, 0.25) is 0 Å². The Morgan fingerprint density at radius 3 is 2.35 bits per heavy atom. The highest BCUT2D eigenvalue weighted by Crippen LogP contribution is 2.27. The number of benzene rings is 2. The van der Waals surface area contributed by atoms with Crippen LogP contribution in [-0.2, 0) is 19.6 Å². The molecule has 2 aromatic rings. The molecule has 2 aromatic carbocycles. The minimum atomic E-state index is -3.87. The number of anilines is 1. The third kappa shape index (κ3) is 3.71. The molecular formula is C17H19NO4S. The summed E-state index contributed by atoms with van der Waals surface area (Å²) >= 11 is 0. The van der Waals surface area contributed by atoms with Gasteiger partial charge in [-0.05, 0) is 43.2 Å². The summed E-state index contributed by atoms with van der Waals surface area (Å²) in [6, 6.07) is 13.5. The van der Waals surface area contributed by atoms with Gasteiger partial charge in [0, 0.05) is 0 Å². The van der Waals surface area contributed by atoms with Crippen LogP contribution in [0, 0.1) is 13.8 Å². The summed E-state index contributed by atoms with van der Waals surface area (Å²) in [7, 11) is -2.63. The van der Waals surface area contributed by atoms with Gasteiger partial charge in [0.2, 0.25) is 0 Å². The number of ether oxygens (including phenoxy) is 1. The number of nitrogens with zero attached hydrogens (tertiary/aromatic N) is 1. The third-order valence-electron chi connectivity index (χ3n) is 3.46. The summed E-state index contributed by atoms with van der Waals surface area (Å²) in [5.74, 6) is -0.620. The van der Waals surface area contributed by atoms with Crippen molar-refractivity contribution in [1.82, 2.24) is 0 Å². The molecule has 0 saturated carbocycles. The molecule has 23 heavy (non-hydrogen) atoms. The zero-order chi connectivity index (χ0) is 17.0. The molecule has 0 atom stereocenters. The van der Waals surface area contributed by atoms with E-state index in [-0.39, 0.29) is 11.4 Å². The van der Waals surface area contributed by atoms with Crippen LogP contribution in [0.25, 0.3) is 0 Å². The van der Waals surface area contributed by atoms with Crippen LogP contribution in [0.15, 0.2) is 53.4 Å². The number of hydrogen-bond donors (Lipinski definition) is 0. The highest BCUT2D eigenvalue weighted by Gasteiger charge is 2.28. The first-order chi connectivity index (χ1) is 10.9. The molecule has 0 N–H and O–H groups in total. The predicted octanol–water partition coefficient (Wildman–Crippen LogP) is 2.67. The van der Waals surface area contributed by atoms with Crippen LogP contribution in [0.1, 0.15) is 11.1 Å². The van der Waals surface area contributed by atoms with Crippen molar-refractivity contribution < 1.29 is 17.9 Å². The first-order valence-corrected chi connectivity index (χ1v) is 8.52. The van der Waals surface area contributed by atoms with Crippen LogP contribution in [-0.4, -0.2) is 28.0 Å². The smallest absolute Gasteiger partial charge is 0.326 e. The van der Waals surface area contributed by atoms with Crippen molar-refractivity contribution in [2.75, 3.05) is 18.0 Å². The Bertz CT molecular complexity index is 801. The first-order valence-electron chi connectivity index (χ1n) is 7.08. The van der Waals surface area contributed by atoms with E-state index in [1.165, 1.54) is 19.2 Å². The molecular weight excluding hydrogens is 314 g/mol. The molecule has 0 spiro atoms. The minimum absolute atomic E-state index is 0.129. The van der Waals surface area contributed by atoms with Crippen molar-refractivity contribution in [2.45, 2.75) is 18.7 Å². The summed E-state index contributed by atoms with van der Waals surface area (Å²) < 4.78 is 31.7. The summed E-state index contributed by atoms with van der Waals surface area (Å²) in [5, 5.41) is 0. The van der Waals surface area contributed by atoms with Gasteiger partial charge in [-0.3, -0.25) is 9.10 Å². The standard InChI is InChI=1S/C17H19NO4S/c1-13-9-10-14(2)16(11-13)18(12-17(19)22-3)23(20,21)15-7-5-4-6-8-15/h4-11H,12H2,1-3H3. The van der Waals surface area contributed by atoms with Crippen molar-refractivity contribution in [3.8, 4) is 0 Å². The Hall–Kier alpha value is -2.34. The van der Waals surface area contributed by atoms with Crippen molar-refractivity contribution in [1.29, 1.82) is 0 Å². The van der Waals surface area contributed by atoms with E-state index in [1.807, 2.05) is 19.1 Å². The van der Waals surface area contributed by atoms with Gasteiger partial charge in [0.1, 0.15) is 6.54 Å². The minimum Gasteiger partial charge on any atom is -0.468 e. The maximum atomic E-state index is 13.0. The fourth-order valence-corrected chi connectivity index (χ4v) is 3.68. The molecule has 0 aromatic heterocycles. The lowest BCUT2D eigenvalue weighted by Gasteiger charge is -2.25. The van der Waals surface area contributed by atoms with Gasteiger partial charge >= 0.3 is 5.97 Å². The Balaban J connectivity index is 2.59. The third-order valence-corrected chi connectivity index (χ3v) is 5.24. The summed E-state index contributed by atoms with van der Waals surface area (Å²) in [6.07, 6.45) is 0.